The van der Waals surface area contributed by atoms with E-state index in [9.17, 15) is 0 Å². The molecule has 4 heteroatoms. The van der Waals surface area contributed by atoms with Gasteiger partial charge in [0.1, 0.15) is 12.4 Å². The lowest BCUT2D eigenvalue weighted by Crippen LogP contribution is -2.25. The maximum absolute atomic E-state index is 5.79. The first kappa shape index (κ1) is 16.1. The van der Waals surface area contributed by atoms with E-state index in [-0.39, 0.29) is 6.10 Å². The van der Waals surface area contributed by atoms with Gasteiger partial charge in [-0.15, -0.1) is 0 Å². The van der Waals surface area contributed by atoms with Crippen LogP contribution in [-0.4, -0.2) is 32.4 Å². The number of unbranched alkanes of at least 4 members (excludes halogenated alkanes) is 2. The molecule has 0 aromatic heterocycles. The molecule has 1 fully saturated rings. The quantitative estimate of drug-likeness (QED) is 0.686. The zero-order chi connectivity index (χ0) is 14.8. The summed E-state index contributed by atoms with van der Waals surface area (Å²) in [6.07, 6.45) is 7.27. The number of rotatable bonds is 9. The lowest BCUT2D eigenvalue weighted by molar-refractivity contribution is -0.0110. The third kappa shape index (κ3) is 6.36. The number of hydrogen-bond donors (Lipinski definition) is 2. The van der Waals surface area contributed by atoms with Crippen LogP contribution in [0.2, 0.25) is 0 Å². The highest BCUT2D eigenvalue weighted by Crippen LogP contribution is 2.18. The van der Waals surface area contributed by atoms with Crippen LogP contribution < -0.4 is 15.8 Å². The second kappa shape index (κ2) is 9.64. The molecule has 2 rings (SSSR count). The largest absolute Gasteiger partial charge is 0.491 e. The van der Waals surface area contributed by atoms with Crippen LogP contribution in [0.25, 0.3) is 0 Å². The van der Waals surface area contributed by atoms with E-state index in [4.69, 9.17) is 15.2 Å². The molecular weight excluding hydrogens is 264 g/mol. The van der Waals surface area contributed by atoms with E-state index < -0.39 is 0 Å². The summed E-state index contributed by atoms with van der Waals surface area (Å²) in [5.74, 6) is 0.915. The van der Waals surface area contributed by atoms with Gasteiger partial charge in [0.15, 0.2) is 0 Å². The van der Waals surface area contributed by atoms with E-state index in [2.05, 4.69) is 17.4 Å². The van der Waals surface area contributed by atoms with Gasteiger partial charge in [0.2, 0.25) is 0 Å². The minimum Gasteiger partial charge on any atom is -0.491 e. The number of nitrogens with two attached hydrogens (primary N) is 1. The molecule has 0 amide bonds. The normalized spacial score (nSPS) is 18.4. The fourth-order valence-corrected chi connectivity index (χ4v) is 2.48. The van der Waals surface area contributed by atoms with E-state index in [1.807, 2.05) is 12.1 Å². The van der Waals surface area contributed by atoms with E-state index in [1.165, 1.54) is 19.3 Å². The molecule has 118 valence electrons. The molecule has 1 unspecified atom stereocenters. The molecule has 0 spiro atoms. The Labute approximate surface area is 128 Å². The zero-order valence-electron chi connectivity index (χ0n) is 12.9. The molecule has 4 nitrogen and oxygen atoms in total. The van der Waals surface area contributed by atoms with Crippen molar-refractivity contribution in [3.05, 3.63) is 24.3 Å². The van der Waals surface area contributed by atoms with E-state index in [0.717, 1.165) is 50.4 Å². The Kier molecular flexibility index (Phi) is 7.39. The minimum absolute atomic E-state index is 0.263. The first-order valence-electron chi connectivity index (χ1n) is 8.17. The highest BCUT2D eigenvalue weighted by molar-refractivity contribution is 5.46. The standard InChI is InChI=1S/C17H28N2O2/c18-11-3-1-4-12-19-15-7-9-16(10-8-15)21-14-17-6-2-5-13-20-17/h7-10,17,19H,1-6,11-14,18H2. The molecule has 0 bridgehead atoms. The molecule has 1 atom stereocenters. The number of hydrogen-bond acceptors (Lipinski definition) is 4. The Morgan fingerprint density at radius 1 is 1.14 bits per heavy atom. The molecule has 3 N–H and O–H groups in total. The van der Waals surface area contributed by atoms with Crippen LogP contribution in [0, 0.1) is 0 Å². The Bertz CT molecular complexity index is 375. The Hall–Kier alpha value is -1.26. The van der Waals surface area contributed by atoms with Crippen molar-refractivity contribution in [2.24, 2.45) is 5.73 Å². The number of benzene rings is 1. The van der Waals surface area contributed by atoms with Crippen molar-refractivity contribution in [3.63, 3.8) is 0 Å². The van der Waals surface area contributed by atoms with Crippen LogP contribution in [0.1, 0.15) is 38.5 Å². The van der Waals surface area contributed by atoms with Crippen molar-refractivity contribution in [2.45, 2.75) is 44.6 Å². The second-order valence-corrected chi connectivity index (χ2v) is 5.60. The summed E-state index contributed by atoms with van der Waals surface area (Å²) in [5, 5.41) is 3.42. The van der Waals surface area contributed by atoms with Gasteiger partial charge in [-0.3, -0.25) is 0 Å². The molecular formula is C17H28N2O2. The summed E-state index contributed by atoms with van der Waals surface area (Å²) in [5.41, 5.74) is 6.62. The molecule has 1 aliphatic heterocycles. The predicted molar refractivity (Wildman–Crippen MR) is 86.9 cm³/mol. The summed E-state index contributed by atoms with van der Waals surface area (Å²) >= 11 is 0. The van der Waals surface area contributed by atoms with Gasteiger partial charge in [0, 0.05) is 18.8 Å². The topological polar surface area (TPSA) is 56.5 Å². The molecule has 1 aliphatic rings. The smallest absolute Gasteiger partial charge is 0.119 e. The highest BCUT2D eigenvalue weighted by atomic mass is 16.5. The fourth-order valence-electron chi connectivity index (χ4n) is 2.48. The van der Waals surface area contributed by atoms with Gasteiger partial charge in [-0.2, -0.15) is 0 Å². The van der Waals surface area contributed by atoms with E-state index >= 15 is 0 Å². The van der Waals surface area contributed by atoms with Gasteiger partial charge < -0.3 is 20.5 Å². The monoisotopic (exact) mass is 292 g/mol. The highest BCUT2D eigenvalue weighted by Gasteiger charge is 2.14. The van der Waals surface area contributed by atoms with Crippen LogP contribution in [0.15, 0.2) is 24.3 Å². The molecule has 0 saturated carbocycles. The summed E-state index contributed by atoms with van der Waals surface area (Å²) in [4.78, 5) is 0. The third-order valence-corrected chi connectivity index (χ3v) is 3.77. The first-order valence-corrected chi connectivity index (χ1v) is 8.17. The molecule has 1 aromatic rings. The average molecular weight is 292 g/mol. The SMILES string of the molecule is NCCCCCNc1ccc(OCC2CCCCO2)cc1. The maximum atomic E-state index is 5.79. The van der Waals surface area contributed by atoms with Crippen LogP contribution in [0.4, 0.5) is 5.69 Å². The van der Waals surface area contributed by atoms with Crippen molar-refractivity contribution in [1.82, 2.24) is 0 Å². The summed E-state index contributed by atoms with van der Waals surface area (Å²) < 4.78 is 11.5. The van der Waals surface area contributed by atoms with Crippen molar-refractivity contribution >= 4 is 5.69 Å². The summed E-state index contributed by atoms with van der Waals surface area (Å²) in [6.45, 7) is 3.32. The predicted octanol–water partition coefficient (Wildman–Crippen LogP) is 3.18. The molecule has 0 aliphatic carbocycles. The second-order valence-electron chi connectivity index (χ2n) is 5.60. The van der Waals surface area contributed by atoms with Gasteiger partial charge in [-0.25, -0.2) is 0 Å². The molecule has 0 radical (unpaired) electrons. The number of nitrogens with one attached hydrogen (secondary N) is 1. The summed E-state index contributed by atoms with van der Waals surface area (Å²) in [6, 6.07) is 8.18. The molecule has 1 saturated heterocycles. The zero-order valence-corrected chi connectivity index (χ0v) is 12.9. The number of ether oxygens (including phenoxy) is 2. The van der Waals surface area contributed by atoms with Gasteiger partial charge in [-0.05, 0) is 62.9 Å². The van der Waals surface area contributed by atoms with Crippen LogP contribution >= 0.6 is 0 Å². The molecule has 21 heavy (non-hydrogen) atoms. The van der Waals surface area contributed by atoms with Gasteiger partial charge >= 0.3 is 0 Å². The van der Waals surface area contributed by atoms with Crippen LogP contribution in [0.5, 0.6) is 5.75 Å². The Morgan fingerprint density at radius 2 is 2.00 bits per heavy atom. The Morgan fingerprint density at radius 3 is 2.71 bits per heavy atom. The maximum Gasteiger partial charge on any atom is 0.119 e. The van der Waals surface area contributed by atoms with Crippen molar-refractivity contribution < 1.29 is 9.47 Å². The lowest BCUT2D eigenvalue weighted by Gasteiger charge is -2.22. The van der Waals surface area contributed by atoms with Crippen molar-refractivity contribution in [2.75, 3.05) is 31.6 Å². The average Bonchev–Trinajstić information content (AvgIpc) is 2.55. The van der Waals surface area contributed by atoms with E-state index in [0.29, 0.717) is 6.61 Å². The Balaban J connectivity index is 1.64. The number of anilines is 1. The lowest BCUT2D eigenvalue weighted by atomic mass is 10.1. The summed E-state index contributed by atoms with van der Waals surface area (Å²) in [7, 11) is 0. The fraction of sp³-hybridized carbons (Fsp3) is 0.647. The third-order valence-electron chi connectivity index (χ3n) is 3.77. The van der Waals surface area contributed by atoms with Crippen molar-refractivity contribution in [1.29, 1.82) is 0 Å². The molecule has 1 heterocycles. The van der Waals surface area contributed by atoms with Gasteiger partial charge in [0.25, 0.3) is 0 Å². The minimum atomic E-state index is 0.263. The molecule has 1 aromatic carbocycles. The van der Waals surface area contributed by atoms with Gasteiger partial charge in [0.05, 0.1) is 6.10 Å². The van der Waals surface area contributed by atoms with Gasteiger partial charge in [-0.1, -0.05) is 6.42 Å². The van der Waals surface area contributed by atoms with Crippen molar-refractivity contribution in [3.8, 4) is 5.75 Å². The first-order chi connectivity index (χ1) is 10.4. The van der Waals surface area contributed by atoms with Crippen LogP contribution in [0.3, 0.4) is 0 Å². The van der Waals surface area contributed by atoms with Crippen LogP contribution in [-0.2, 0) is 4.74 Å². The van der Waals surface area contributed by atoms with E-state index in [1.54, 1.807) is 0 Å².